The average molecular weight is 336 g/mol. The van der Waals surface area contributed by atoms with Gasteiger partial charge in [-0.2, -0.15) is 0 Å². The Morgan fingerprint density at radius 2 is 2.00 bits per heavy atom. The predicted octanol–water partition coefficient (Wildman–Crippen LogP) is 2.17. The standard InChI is InChI=1S/C16H24N4O4/c21-15-9-8-14(20(23)24)12-19(15)11-5-4-10-17-16(22)18-13-6-2-1-3-7-13/h8-9,12-13H,1-7,10-11H2,(H2,17,18,22). The van der Waals surface area contributed by atoms with Gasteiger partial charge in [-0.1, -0.05) is 19.3 Å². The molecule has 0 bridgehead atoms. The summed E-state index contributed by atoms with van der Waals surface area (Å²) in [5.74, 6) is 0. The van der Waals surface area contributed by atoms with Crippen LogP contribution in [0.1, 0.15) is 44.9 Å². The van der Waals surface area contributed by atoms with E-state index in [1.54, 1.807) is 0 Å². The molecule has 0 spiro atoms. The molecule has 1 aliphatic rings. The second-order valence-electron chi connectivity index (χ2n) is 6.12. The molecule has 8 nitrogen and oxygen atoms in total. The number of hydrogen-bond donors (Lipinski definition) is 2. The zero-order valence-corrected chi connectivity index (χ0v) is 13.7. The van der Waals surface area contributed by atoms with Gasteiger partial charge in [-0.3, -0.25) is 14.9 Å². The van der Waals surface area contributed by atoms with Crippen LogP contribution >= 0.6 is 0 Å². The molecule has 1 aliphatic carbocycles. The molecule has 1 fully saturated rings. The van der Waals surface area contributed by atoms with Gasteiger partial charge in [-0.05, 0) is 25.7 Å². The lowest BCUT2D eigenvalue weighted by Crippen LogP contribution is -2.43. The van der Waals surface area contributed by atoms with Gasteiger partial charge in [0.15, 0.2) is 0 Å². The highest BCUT2D eigenvalue weighted by Gasteiger charge is 2.15. The van der Waals surface area contributed by atoms with Crippen molar-refractivity contribution in [2.75, 3.05) is 6.54 Å². The summed E-state index contributed by atoms with van der Waals surface area (Å²) < 4.78 is 1.33. The molecular weight excluding hydrogens is 312 g/mol. The zero-order chi connectivity index (χ0) is 17.4. The Labute approximate surface area is 140 Å². The average Bonchev–Trinajstić information content (AvgIpc) is 2.56. The molecule has 0 radical (unpaired) electrons. The number of rotatable bonds is 7. The first kappa shape index (κ1) is 18.0. The Bertz CT molecular complexity index is 623. The molecule has 2 amide bonds. The minimum absolute atomic E-state index is 0.0976. The van der Waals surface area contributed by atoms with Crippen LogP contribution in [-0.2, 0) is 6.54 Å². The zero-order valence-electron chi connectivity index (χ0n) is 13.7. The number of hydrogen-bond acceptors (Lipinski definition) is 4. The fraction of sp³-hybridized carbons (Fsp3) is 0.625. The first-order valence-electron chi connectivity index (χ1n) is 8.45. The maximum Gasteiger partial charge on any atom is 0.315 e. The lowest BCUT2D eigenvalue weighted by molar-refractivity contribution is -0.385. The van der Waals surface area contributed by atoms with Gasteiger partial charge in [0.25, 0.3) is 11.2 Å². The van der Waals surface area contributed by atoms with E-state index in [1.165, 1.54) is 42.2 Å². The van der Waals surface area contributed by atoms with Crippen molar-refractivity contribution < 1.29 is 9.72 Å². The molecule has 0 aromatic carbocycles. The molecule has 0 unspecified atom stereocenters. The van der Waals surface area contributed by atoms with E-state index in [0.717, 1.165) is 12.8 Å². The number of unbranched alkanes of at least 4 members (excludes halogenated alkanes) is 1. The highest BCUT2D eigenvalue weighted by atomic mass is 16.6. The van der Waals surface area contributed by atoms with E-state index in [1.807, 2.05) is 0 Å². The largest absolute Gasteiger partial charge is 0.338 e. The monoisotopic (exact) mass is 336 g/mol. The van der Waals surface area contributed by atoms with E-state index >= 15 is 0 Å². The van der Waals surface area contributed by atoms with Gasteiger partial charge in [0.1, 0.15) is 0 Å². The van der Waals surface area contributed by atoms with Crippen molar-refractivity contribution in [2.45, 2.75) is 57.5 Å². The van der Waals surface area contributed by atoms with Crippen LogP contribution in [0, 0.1) is 10.1 Å². The minimum Gasteiger partial charge on any atom is -0.338 e. The van der Waals surface area contributed by atoms with Crippen molar-refractivity contribution in [1.29, 1.82) is 0 Å². The summed E-state index contributed by atoms with van der Waals surface area (Å²) in [6.45, 7) is 0.911. The fourth-order valence-electron chi connectivity index (χ4n) is 2.89. The van der Waals surface area contributed by atoms with E-state index in [0.29, 0.717) is 25.9 Å². The molecule has 0 atom stereocenters. The summed E-state index contributed by atoms with van der Waals surface area (Å²) in [6, 6.07) is 2.54. The lowest BCUT2D eigenvalue weighted by Gasteiger charge is -2.22. The number of nitro groups is 1. The van der Waals surface area contributed by atoms with E-state index in [2.05, 4.69) is 10.6 Å². The Morgan fingerprint density at radius 3 is 2.71 bits per heavy atom. The lowest BCUT2D eigenvalue weighted by atomic mass is 9.96. The second kappa shape index (κ2) is 9.05. The Balaban J connectivity index is 1.66. The molecule has 8 heteroatoms. The van der Waals surface area contributed by atoms with Crippen LogP contribution in [0.4, 0.5) is 10.5 Å². The van der Waals surface area contributed by atoms with E-state index in [-0.39, 0.29) is 23.3 Å². The Kier molecular flexibility index (Phi) is 6.77. The van der Waals surface area contributed by atoms with Crippen molar-refractivity contribution in [1.82, 2.24) is 15.2 Å². The number of carbonyl (C=O) groups is 1. The quantitative estimate of drug-likeness (QED) is 0.452. The maximum atomic E-state index is 11.8. The van der Waals surface area contributed by atoms with Crippen LogP contribution < -0.4 is 16.2 Å². The van der Waals surface area contributed by atoms with E-state index in [9.17, 15) is 19.7 Å². The van der Waals surface area contributed by atoms with Crippen molar-refractivity contribution in [2.24, 2.45) is 0 Å². The Hall–Kier alpha value is -2.38. The summed E-state index contributed by atoms with van der Waals surface area (Å²) in [5.41, 5.74) is -0.358. The molecular formula is C16H24N4O4. The van der Waals surface area contributed by atoms with Crippen LogP contribution in [0.15, 0.2) is 23.1 Å². The van der Waals surface area contributed by atoms with Gasteiger partial charge in [0.05, 0.1) is 11.1 Å². The van der Waals surface area contributed by atoms with Crippen molar-refractivity contribution >= 4 is 11.7 Å². The van der Waals surface area contributed by atoms with Gasteiger partial charge in [0.2, 0.25) is 0 Å². The van der Waals surface area contributed by atoms with Crippen molar-refractivity contribution in [3.8, 4) is 0 Å². The molecule has 2 N–H and O–H groups in total. The van der Waals surface area contributed by atoms with Crippen LogP contribution in [0.25, 0.3) is 0 Å². The number of nitrogens with zero attached hydrogens (tertiary/aromatic N) is 2. The number of urea groups is 1. The molecule has 1 saturated carbocycles. The number of aromatic nitrogens is 1. The number of aryl methyl sites for hydroxylation is 1. The van der Waals surface area contributed by atoms with Crippen LogP contribution in [-0.4, -0.2) is 28.1 Å². The molecule has 1 aromatic heterocycles. The highest BCUT2D eigenvalue weighted by molar-refractivity contribution is 5.74. The van der Waals surface area contributed by atoms with Crippen LogP contribution in [0.5, 0.6) is 0 Å². The second-order valence-corrected chi connectivity index (χ2v) is 6.12. The molecule has 2 rings (SSSR count). The number of carbonyl (C=O) groups excluding carboxylic acids is 1. The molecule has 1 aromatic rings. The summed E-state index contributed by atoms with van der Waals surface area (Å²) in [6.07, 6.45) is 8.29. The molecule has 132 valence electrons. The smallest absolute Gasteiger partial charge is 0.315 e. The SMILES string of the molecule is O=C(NCCCCn1cc([N+](=O)[O-])ccc1=O)NC1CCCCC1. The third kappa shape index (κ3) is 5.68. The van der Waals surface area contributed by atoms with E-state index < -0.39 is 4.92 Å². The third-order valence-corrected chi connectivity index (χ3v) is 4.23. The Morgan fingerprint density at radius 1 is 1.25 bits per heavy atom. The van der Waals surface area contributed by atoms with Gasteiger partial charge in [-0.25, -0.2) is 4.79 Å². The molecule has 0 aliphatic heterocycles. The minimum atomic E-state index is -0.521. The molecule has 1 heterocycles. The first-order chi connectivity index (χ1) is 11.6. The number of amides is 2. The maximum absolute atomic E-state index is 11.8. The summed E-state index contributed by atoms with van der Waals surface area (Å²) in [7, 11) is 0. The fourth-order valence-corrected chi connectivity index (χ4v) is 2.89. The summed E-state index contributed by atoms with van der Waals surface area (Å²) in [5, 5.41) is 16.5. The van der Waals surface area contributed by atoms with Crippen molar-refractivity contribution in [3.05, 3.63) is 38.8 Å². The molecule has 0 saturated heterocycles. The highest BCUT2D eigenvalue weighted by Crippen LogP contribution is 2.17. The normalized spacial score (nSPS) is 15.0. The van der Waals surface area contributed by atoms with Crippen LogP contribution in [0.2, 0.25) is 0 Å². The van der Waals surface area contributed by atoms with Crippen LogP contribution in [0.3, 0.4) is 0 Å². The first-order valence-corrected chi connectivity index (χ1v) is 8.45. The van der Waals surface area contributed by atoms with Gasteiger partial charge in [-0.15, -0.1) is 0 Å². The van der Waals surface area contributed by atoms with Crippen molar-refractivity contribution in [3.63, 3.8) is 0 Å². The van der Waals surface area contributed by atoms with Gasteiger partial charge in [0, 0.05) is 31.3 Å². The predicted molar refractivity (Wildman–Crippen MR) is 90.0 cm³/mol. The van der Waals surface area contributed by atoms with E-state index in [4.69, 9.17) is 0 Å². The third-order valence-electron chi connectivity index (χ3n) is 4.23. The number of nitrogens with one attached hydrogen (secondary N) is 2. The van der Waals surface area contributed by atoms with Gasteiger partial charge >= 0.3 is 6.03 Å². The molecule has 24 heavy (non-hydrogen) atoms. The number of pyridine rings is 1. The summed E-state index contributed by atoms with van der Waals surface area (Å²) >= 11 is 0. The van der Waals surface area contributed by atoms with Gasteiger partial charge < -0.3 is 15.2 Å². The summed E-state index contributed by atoms with van der Waals surface area (Å²) in [4.78, 5) is 33.6. The topological polar surface area (TPSA) is 106 Å².